The zero-order valence-corrected chi connectivity index (χ0v) is 12.7. The van der Waals surface area contributed by atoms with E-state index in [0.29, 0.717) is 4.90 Å². The van der Waals surface area contributed by atoms with Gasteiger partial charge in [0, 0.05) is 19.5 Å². The number of hydrogen-bond donors (Lipinski definition) is 1. The Kier molecular flexibility index (Phi) is 4.25. The maximum Gasteiger partial charge on any atom is 0.175 e. The summed E-state index contributed by atoms with van der Waals surface area (Å²) in [7, 11) is -1.34. The first-order valence-electron chi connectivity index (χ1n) is 6.44. The number of hydrogen-bond acceptors (Lipinski definition) is 4. The van der Waals surface area contributed by atoms with E-state index in [-0.39, 0.29) is 6.04 Å². The Bertz CT molecular complexity index is 692. The van der Waals surface area contributed by atoms with Crippen LogP contribution in [0.1, 0.15) is 24.2 Å². The van der Waals surface area contributed by atoms with Gasteiger partial charge >= 0.3 is 0 Å². The third-order valence-electron chi connectivity index (χ3n) is 3.06. The molecule has 0 bridgehead atoms. The third-order valence-corrected chi connectivity index (χ3v) is 4.17. The number of rotatable bonds is 5. The molecule has 0 spiro atoms. The lowest BCUT2D eigenvalue weighted by molar-refractivity contribution is 0.594. The summed E-state index contributed by atoms with van der Waals surface area (Å²) in [5.74, 6) is 0. The molecule has 0 aliphatic heterocycles. The van der Waals surface area contributed by atoms with Crippen LogP contribution >= 0.6 is 0 Å². The summed E-state index contributed by atoms with van der Waals surface area (Å²) in [6.45, 7) is 2.78. The van der Waals surface area contributed by atoms with Crippen LogP contribution in [-0.2, 0) is 16.9 Å². The molecule has 1 atom stereocenters. The molecule has 0 fully saturated rings. The lowest BCUT2D eigenvalue weighted by Gasteiger charge is -2.17. The van der Waals surface area contributed by atoms with Crippen molar-refractivity contribution in [3.63, 3.8) is 0 Å². The highest BCUT2D eigenvalue weighted by molar-refractivity contribution is 7.90. The first-order valence-corrected chi connectivity index (χ1v) is 8.34. The summed E-state index contributed by atoms with van der Waals surface area (Å²) in [4.78, 5) is 0.328. The molecule has 1 aromatic carbocycles. The molecule has 0 amide bonds. The van der Waals surface area contributed by atoms with Gasteiger partial charge in [-0.2, -0.15) is 5.10 Å². The zero-order chi connectivity index (χ0) is 14.8. The van der Waals surface area contributed by atoms with Crippen LogP contribution in [0.5, 0.6) is 0 Å². The quantitative estimate of drug-likeness (QED) is 0.908. The van der Waals surface area contributed by atoms with Gasteiger partial charge in [-0.3, -0.25) is 4.68 Å². The van der Waals surface area contributed by atoms with Gasteiger partial charge < -0.3 is 5.32 Å². The summed E-state index contributed by atoms with van der Waals surface area (Å²) in [6.07, 6.45) is 3.09. The van der Waals surface area contributed by atoms with E-state index >= 15 is 0 Å². The van der Waals surface area contributed by atoms with Crippen LogP contribution in [0.2, 0.25) is 0 Å². The smallest absolute Gasteiger partial charge is 0.175 e. The van der Waals surface area contributed by atoms with E-state index in [4.69, 9.17) is 0 Å². The average Bonchev–Trinajstić information content (AvgIpc) is 2.81. The van der Waals surface area contributed by atoms with E-state index in [0.717, 1.165) is 17.8 Å². The molecule has 0 aliphatic rings. The van der Waals surface area contributed by atoms with Crippen molar-refractivity contribution in [2.45, 2.75) is 17.9 Å². The van der Waals surface area contributed by atoms with Crippen LogP contribution < -0.4 is 5.32 Å². The molecule has 1 heterocycles. The normalized spacial score (nSPS) is 13.3. The molecule has 1 aromatic heterocycles. The number of aromatic nitrogens is 2. The second-order valence-electron chi connectivity index (χ2n) is 4.75. The highest BCUT2D eigenvalue weighted by Crippen LogP contribution is 2.23. The van der Waals surface area contributed by atoms with Gasteiger partial charge in [-0.25, -0.2) is 8.42 Å². The standard InChI is InChI=1S/C14H19N3O2S/c1-4-15-14(13-8-9-17(2)16-13)11-6-5-7-12(10-11)20(3,18)19/h5-10,14-15H,4H2,1-3H3. The van der Waals surface area contributed by atoms with Crippen LogP contribution in [0.3, 0.4) is 0 Å². The molecule has 2 rings (SSSR count). The second kappa shape index (κ2) is 5.76. The van der Waals surface area contributed by atoms with Crippen molar-refractivity contribution in [3.05, 3.63) is 47.8 Å². The molecule has 20 heavy (non-hydrogen) atoms. The number of benzene rings is 1. The molecule has 1 unspecified atom stereocenters. The van der Waals surface area contributed by atoms with Gasteiger partial charge in [0.1, 0.15) is 0 Å². The summed E-state index contributed by atoms with van der Waals surface area (Å²) < 4.78 is 25.1. The molecule has 5 nitrogen and oxygen atoms in total. The van der Waals surface area contributed by atoms with Gasteiger partial charge in [0.15, 0.2) is 9.84 Å². The monoisotopic (exact) mass is 293 g/mol. The maximum absolute atomic E-state index is 11.7. The van der Waals surface area contributed by atoms with Gasteiger partial charge in [0.05, 0.1) is 16.6 Å². The molecular weight excluding hydrogens is 274 g/mol. The fourth-order valence-electron chi connectivity index (χ4n) is 2.11. The SMILES string of the molecule is CCNC(c1cccc(S(C)(=O)=O)c1)c1ccn(C)n1. The number of nitrogens with zero attached hydrogens (tertiary/aromatic N) is 2. The number of sulfone groups is 1. The largest absolute Gasteiger partial charge is 0.305 e. The van der Waals surface area contributed by atoms with E-state index in [2.05, 4.69) is 10.4 Å². The zero-order valence-electron chi connectivity index (χ0n) is 11.9. The van der Waals surface area contributed by atoms with Gasteiger partial charge in [0.25, 0.3) is 0 Å². The Balaban J connectivity index is 2.45. The Labute approximate surface area is 119 Å². The second-order valence-corrected chi connectivity index (χ2v) is 6.77. The summed E-state index contributed by atoms with van der Waals surface area (Å²) in [6, 6.07) is 8.82. The molecule has 1 N–H and O–H groups in total. The van der Waals surface area contributed by atoms with E-state index in [1.54, 1.807) is 22.9 Å². The molecule has 2 aromatic rings. The topological polar surface area (TPSA) is 64.0 Å². The molecule has 0 radical (unpaired) electrons. The first-order chi connectivity index (χ1) is 9.41. The molecule has 0 saturated heterocycles. The molecule has 0 aliphatic carbocycles. The Morgan fingerprint density at radius 3 is 2.65 bits per heavy atom. The third kappa shape index (κ3) is 3.26. The van der Waals surface area contributed by atoms with Crippen LogP contribution in [0, 0.1) is 0 Å². The van der Waals surface area contributed by atoms with Crippen molar-refractivity contribution >= 4 is 9.84 Å². The van der Waals surface area contributed by atoms with Crippen molar-refractivity contribution in [1.29, 1.82) is 0 Å². The maximum atomic E-state index is 11.7. The summed E-state index contributed by atoms with van der Waals surface area (Å²) in [5, 5.41) is 7.74. The minimum atomic E-state index is -3.20. The highest BCUT2D eigenvalue weighted by atomic mass is 32.2. The van der Waals surface area contributed by atoms with Gasteiger partial charge in [0.2, 0.25) is 0 Å². The fraction of sp³-hybridized carbons (Fsp3) is 0.357. The van der Waals surface area contributed by atoms with Gasteiger partial charge in [-0.15, -0.1) is 0 Å². The Morgan fingerprint density at radius 1 is 1.35 bits per heavy atom. The lowest BCUT2D eigenvalue weighted by Crippen LogP contribution is -2.22. The summed E-state index contributed by atoms with van der Waals surface area (Å²) in [5.41, 5.74) is 1.77. The Hall–Kier alpha value is -1.66. The number of aryl methyl sites for hydroxylation is 1. The van der Waals surface area contributed by atoms with Crippen LogP contribution in [0.4, 0.5) is 0 Å². The van der Waals surface area contributed by atoms with Crippen LogP contribution in [0.15, 0.2) is 41.4 Å². The Morgan fingerprint density at radius 2 is 2.10 bits per heavy atom. The lowest BCUT2D eigenvalue weighted by atomic mass is 10.0. The summed E-state index contributed by atoms with van der Waals surface area (Å²) >= 11 is 0. The van der Waals surface area contributed by atoms with Gasteiger partial charge in [-0.05, 0) is 30.3 Å². The van der Waals surface area contributed by atoms with Crippen molar-refractivity contribution in [2.75, 3.05) is 12.8 Å². The van der Waals surface area contributed by atoms with E-state index in [1.807, 2.05) is 32.3 Å². The van der Waals surface area contributed by atoms with Crippen LogP contribution in [-0.4, -0.2) is 31.0 Å². The predicted octanol–water partition coefficient (Wildman–Crippen LogP) is 1.52. The minimum absolute atomic E-state index is 0.108. The van der Waals surface area contributed by atoms with Crippen molar-refractivity contribution in [2.24, 2.45) is 7.05 Å². The van der Waals surface area contributed by atoms with Crippen molar-refractivity contribution < 1.29 is 8.42 Å². The first kappa shape index (κ1) is 14.7. The molecule has 108 valence electrons. The average molecular weight is 293 g/mol. The predicted molar refractivity (Wildman–Crippen MR) is 78.3 cm³/mol. The van der Waals surface area contributed by atoms with E-state index in [1.165, 1.54) is 6.26 Å². The fourth-order valence-corrected chi connectivity index (χ4v) is 2.78. The van der Waals surface area contributed by atoms with E-state index in [9.17, 15) is 8.42 Å². The number of nitrogens with one attached hydrogen (secondary N) is 1. The molecular formula is C14H19N3O2S. The van der Waals surface area contributed by atoms with Crippen molar-refractivity contribution in [3.8, 4) is 0 Å². The molecule has 0 saturated carbocycles. The van der Waals surface area contributed by atoms with Gasteiger partial charge in [-0.1, -0.05) is 19.1 Å². The van der Waals surface area contributed by atoms with E-state index < -0.39 is 9.84 Å². The minimum Gasteiger partial charge on any atom is -0.305 e. The van der Waals surface area contributed by atoms with Crippen LogP contribution in [0.25, 0.3) is 0 Å². The highest BCUT2D eigenvalue weighted by Gasteiger charge is 2.17. The molecule has 6 heteroatoms. The van der Waals surface area contributed by atoms with Crippen molar-refractivity contribution in [1.82, 2.24) is 15.1 Å².